The summed E-state index contributed by atoms with van der Waals surface area (Å²) >= 11 is 0. The van der Waals surface area contributed by atoms with Gasteiger partial charge in [0.2, 0.25) is 5.91 Å². The molecule has 1 saturated heterocycles. The van der Waals surface area contributed by atoms with Crippen molar-refractivity contribution in [2.45, 2.75) is 31.9 Å². The zero-order valence-electron chi connectivity index (χ0n) is 12.5. The molecule has 0 radical (unpaired) electrons. The van der Waals surface area contributed by atoms with Gasteiger partial charge < -0.3 is 4.74 Å². The van der Waals surface area contributed by atoms with E-state index in [0.717, 1.165) is 5.56 Å². The highest BCUT2D eigenvalue weighted by atomic mass is 16.6. The number of allylic oxidation sites excluding steroid dienone is 2. The third kappa shape index (κ3) is 2.69. The van der Waals surface area contributed by atoms with Crippen molar-refractivity contribution in [1.29, 1.82) is 0 Å². The number of nitrogens with zero attached hydrogens (tertiary/aromatic N) is 1. The van der Waals surface area contributed by atoms with Crippen molar-refractivity contribution >= 4 is 12.0 Å². The average molecular weight is 297 g/mol. The topological polar surface area (TPSA) is 46.6 Å². The Morgan fingerprint density at radius 2 is 1.86 bits per heavy atom. The summed E-state index contributed by atoms with van der Waals surface area (Å²) in [5.41, 5.74) is 1.09. The number of cyclic esters (lactones) is 1. The number of amides is 2. The number of rotatable bonds is 4. The van der Waals surface area contributed by atoms with E-state index in [1.54, 1.807) is 6.92 Å². The predicted octanol–water partition coefficient (Wildman–Crippen LogP) is 3.10. The van der Waals surface area contributed by atoms with Crippen molar-refractivity contribution in [3.63, 3.8) is 0 Å². The number of imide groups is 1. The van der Waals surface area contributed by atoms with Gasteiger partial charge in [0, 0.05) is 12.3 Å². The highest BCUT2D eigenvalue weighted by Gasteiger charge is 2.47. The number of carbonyl (C=O) groups is 2. The lowest BCUT2D eigenvalue weighted by Gasteiger charge is -2.25. The third-order valence-electron chi connectivity index (χ3n) is 4.16. The molecule has 1 fully saturated rings. The molecular weight excluding hydrogens is 278 g/mol. The smallest absolute Gasteiger partial charge is 0.417 e. The predicted molar refractivity (Wildman–Crippen MR) is 83.1 cm³/mol. The molecule has 0 bridgehead atoms. The molecule has 2 atom stereocenters. The molecule has 1 aliphatic carbocycles. The number of hydrogen-bond acceptors (Lipinski definition) is 3. The highest BCUT2D eigenvalue weighted by molar-refractivity contribution is 5.93. The van der Waals surface area contributed by atoms with Crippen molar-refractivity contribution in [3.05, 3.63) is 60.2 Å². The molecule has 3 rings (SSSR count). The van der Waals surface area contributed by atoms with E-state index in [4.69, 9.17) is 4.74 Å². The molecule has 2 amide bonds. The number of carbonyl (C=O) groups excluding carboxylic acids is 2. The summed E-state index contributed by atoms with van der Waals surface area (Å²) in [7, 11) is 0. The van der Waals surface area contributed by atoms with E-state index in [0.29, 0.717) is 12.8 Å². The Morgan fingerprint density at radius 3 is 2.50 bits per heavy atom. The minimum atomic E-state index is -0.522. The van der Waals surface area contributed by atoms with Gasteiger partial charge in [-0.25, -0.2) is 9.69 Å². The van der Waals surface area contributed by atoms with E-state index in [-0.39, 0.29) is 24.0 Å². The molecule has 4 heteroatoms. The molecule has 0 saturated carbocycles. The zero-order chi connectivity index (χ0) is 15.5. The molecule has 1 aromatic carbocycles. The van der Waals surface area contributed by atoms with Crippen molar-refractivity contribution < 1.29 is 14.3 Å². The second-order valence-electron chi connectivity index (χ2n) is 5.57. The van der Waals surface area contributed by atoms with E-state index >= 15 is 0 Å². The van der Waals surface area contributed by atoms with Crippen LogP contribution in [0.3, 0.4) is 0 Å². The summed E-state index contributed by atoms with van der Waals surface area (Å²) in [6.07, 6.45) is 7.98. The fourth-order valence-corrected chi connectivity index (χ4v) is 3.06. The first-order valence-electron chi connectivity index (χ1n) is 7.62. The summed E-state index contributed by atoms with van der Waals surface area (Å²) in [5.74, 6) is -0.147. The van der Waals surface area contributed by atoms with Gasteiger partial charge in [0.1, 0.15) is 6.10 Å². The van der Waals surface area contributed by atoms with Gasteiger partial charge in [-0.3, -0.25) is 4.79 Å². The zero-order valence-corrected chi connectivity index (χ0v) is 12.5. The summed E-state index contributed by atoms with van der Waals surface area (Å²) in [6.45, 7) is 1.76. The van der Waals surface area contributed by atoms with Crippen LogP contribution in [-0.2, 0) is 16.0 Å². The van der Waals surface area contributed by atoms with Crippen LogP contribution in [0.25, 0.3) is 0 Å². The van der Waals surface area contributed by atoms with Gasteiger partial charge in [-0.05, 0) is 12.0 Å². The first-order chi connectivity index (χ1) is 10.7. The minimum absolute atomic E-state index is 0.0346. The normalized spacial score (nSPS) is 24.0. The lowest BCUT2D eigenvalue weighted by atomic mass is 9.92. The number of benzene rings is 1. The van der Waals surface area contributed by atoms with Crippen molar-refractivity contribution in [1.82, 2.24) is 4.90 Å². The largest absolute Gasteiger partial charge is 0.443 e. The van der Waals surface area contributed by atoms with Crippen LogP contribution >= 0.6 is 0 Å². The van der Waals surface area contributed by atoms with E-state index in [1.807, 2.05) is 54.6 Å². The van der Waals surface area contributed by atoms with Crippen molar-refractivity contribution in [2.24, 2.45) is 5.92 Å². The quantitative estimate of drug-likeness (QED) is 0.858. The fraction of sp³-hybridized carbons (Fsp3) is 0.333. The van der Waals surface area contributed by atoms with E-state index in [9.17, 15) is 9.59 Å². The monoisotopic (exact) mass is 297 g/mol. The van der Waals surface area contributed by atoms with Crippen LogP contribution in [0.2, 0.25) is 0 Å². The van der Waals surface area contributed by atoms with Gasteiger partial charge in [-0.15, -0.1) is 0 Å². The Balaban J connectivity index is 1.89. The Hall–Kier alpha value is -2.36. The standard InChI is InChI=1S/C18H19NO3/c1-2-16(20)19-15(12-13-8-4-3-5-9-13)17(22-18(19)21)14-10-6-7-11-14/h3-11,14-15,17H,2,12H2,1H3/t15-,17-/m0/s1. The maximum atomic E-state index is 12.2. The SMILES string of the molecule is CCC(=O)N1C(=O)O[C@@H](C2C=CC=C2)[C@@H]1Cc1ccccc1. The van der Waals surface area contributed by atoms with Crippen LogP contribution < -0.4 is 0 Å². The number of ether oxygens (including phenoxy) is 1. The van der Waals surface area contributed by atoms with Crippen LogP contribution in [0.5, 0.6) is 0 Å². The molecule has 1 aliphatic heterocycles. The van der Waals surface area contributed by atoms with Crippen LogP contribution in [-0.4, -0.2) is 29.0 Å². The van der Waals surface area contributed by atoms with Crippen molar-refractivity contribution in [2.75, 3.05) is 0 Å². The first-order valence-corrected chi connectivity index (χ1v) is 7.62. The molecule has 1 heterocycles. The number of hydrogen-bond donors (Lipinski definition) is 0. The minimum Gasteiger partial charge on any atom is -0.443 e. The molecule has 0 aromatic heterocycles. The van der Waals surface area contributed by atoms with Crippen LogP contribution in [0.1, 0.15) is 18.9 Å². The fourth-order valence-electron chi connectivity index (χ4n) is 3.06. The Morgan fingerprint density at radius 1 is 1.18 bits per heavy atom. The van der Waals surface area contributed by atoms with Gasteiger partial charge in [-0.2, -0.15) is 0 Å². The molecule has 4 nitrogen and oxygen atoms in total. The third-order valence-corrected chi connectivity index (χ3v) is 4.16. The Labute approximate surface area is 130 Å². The van der Waals surface area contributed by atoms with Crippen molar-refractivity contribution in [3.8, 4) is 0 Å². The lowest BCUT2D eigenvalue weighted by molar-refractivity contribution is -0.129. The molecule has 22 heavy (non-hydrogen) atoms. The van der Waals surface area contributed by atoms with Gasteiger partial charge in [0.15, 0.2) is 0 Å². The molecular formula is C18H19NO3. The second-order valence-corrected chi connectivity index (χ2v) is 5.57. The molecule has 0 spiro atoms. The van der Waals surface area contributed by atoms with E-state index in [1.165, 1.54) is 4.90 Å². The van der Waals surface area contributed by atoms with E-state index < -0.39 is 6.09 Å². The summed E-state index contributed by atoms with van der Waals surface area (Å²) in [5, 5.41) is 0. The molecule has 2 aliphatic rings. The molecule has 0 unspecified atom stereocenters. The summed E-state index contributed by atoms with van der Waals surface area (Å²) < 4.78 is 5.53. The van der Waals surface area contributed by atoms with Crippen LogP contribution in [0.4, 0.5) is 4.79 Å². The highest BCUT2D eigenvalue weighted by Crippen LogP contribution is 2.31. The maximum absolute atomic E-state index is 12.2. The molecule has 1 aromatic rings. The average Bonchev–Trinajstić information content (AvgIpc) is 3.16. The van der Waals surface area contributed by atoms with Gasteiger partial charge in [0.05, 0.1) is 6.04 Å². The molecule has 114 valence electrons. The maximum Gasteiger partial charge on any atom is 0.417 e. The summed E-state index contributed by atoms with van der Waals surface area (Å²) in [6, 6.07) is 9.63. The van der Waals surface area contributed by atoms with E-state index in [2.05, 4.69) is 0 Å². The molecule has 0 N–H and O–H groups in total. The second kappa shape index (κ2) is 6.18. The Kier molecular flexibility index (Phi) is 4.09. The van der Waals surface area contributed by atoms with Gasteiger partial charge in [-0.1, -0.05) is 61.6 Å². The van der Waals surface area contributed by atoms with Gasteiger partial charge in [0.25, 0.3) is 0 Å². The van der Waals surface area contributed by atoms with Gasteiger partial charge >= 0.3 is 6.09 Å². The van der Waals surface area contributed by atoms with Crippen LogP contribution in [0.15, 0.2) is 54.6 Å². The summed E-state index contributed by atoms with van der Waals surface area (Å²) in [4.78, 5) is 25.7. The van der Waals surface area contributed by atoms with Crippen LogP contribution in [0, 0.1) is 5.92 Å². The first kappa shape index (κ1) is 14.6. The Bertz CT molecular complexity index is 608. The lowest BCUT2D eigenvalue weighted by Crippen LogP contribution is -2.43.